The molecule has 0 N–H and O–H groups in total. The lowest BCUT2D eigenvalue weighted by atomic mass is 10.1. The zero-order valence-corrected chi connectivity index (χ0v) is 7.54. The predicted molar refractivity (Wildman–Crippen MR) is 43.9 cm³/mol. The highest BCUT2D eigenvalue weighted by atomic mass is 16.7. The van der Waals surface area contributed by atoms with E-state index in [0.29, 0.717) is 12.5 Å². The van der Waals surface area contributed by atoms with Crippen LogP contribution in [-0.4, -0.2) is 32.2 Å². The maximum atomic E-state index is 5.68. The second-order valence-electron chi connectivity index (χ2n) is 3.61. The summed E-state index contributed by atoms with van der Waals surface area (Å²) in [6.45, 7) is 5.22. The van der Waals surface area contributed by atoms with Crippen LogP contribution < -0.4 is 0 Å². The minimum atomic E-state index is -0.369. The third kappa shape index (κ3) is 1.49. The van der Waals surface area contributed by atoms with Gasteiger partial charge in [-0.3, -0.25) is 0 Å². The zero-order valence-electron chi connectivity index (χ0n) is 7.54. The maximum absolute atomic E-state index is 5.68. The van der Waals surface area contributed by atoms with Gasteiger partial charge in [-0.1, -0.05) is 6.92 Å². The molecule has 2 heterocycles. The summed E-state index contributed by atoms with van der Waals surface area (Å²) >= 11 is 0. The van der Waals surface area contributed by atoms with Crippen LogP contribution in [0.1, 0.15) is 19.8 Å². The Balaban J connectivity index is 1.88. The van der Waals surface area contributed by atoms with Gasteiger partial charge in [-0.15, -0.1) is 0 Å². The summed E-state index contributed by atoms with van der Waals surface area (Å²) in [5.74, 6) is 0.210. The molecule has 1 spiro atoms. The van der Waals surface area contributed by atoms with Crippen molar-refractivity contribution in [2.45, 2.75) is 25.6 Å². The molecule has 2 aliphatic rings. The Morgan fingerprint density at radius 1 is 1.33 bits per heavy atom. The van der Waals surface area contributed by atoms with Crippen LogP contribution in [0.25, 0.3) is 0 Å². The fourth-order valence-electron chi connectivity index (χ4n) is 1.62. The van der Waals surface area contributed by atoms with Crippen molar-refractivity contribution < 1.29 is 14.2 Å². The molecule has 3 heteroatoms. The minimum absolute atomic E-state index is 0.369. The molecule has 0 aromatic heterocycles. The van der Waals surface area contributed by atoms with E-state index in [1.54, 1.807) is 0 Å². The minimum Gasteiger partial charge on any atom is -0.376 e. The average Bonchev–Trinajstić information content (AvgIpc) is 2.55. The van der Waals surface area contributed by atoms with Gasteiger partial charge in [-0.25, -0.2) is 0 Å². The van der Waals surface area contributed by atoms with Gasteiger partial charge in [0.2, 0.25) is 0 Å². The van der Waals surface area contributed by atoms with Crippen molar-refractivity contribution in [2.24, 2.45) is 5.92 Å². The summed E-state index contributed by atoms with van der Waals surface area (Å²) in [6.07, 6.45) is 2.03. The Bertz CT molecular complexity index is 142. The number of hydrogen-bond donors (Lipinski definition) is 0. The molecule has 70 valence electrons. The lowest BCUT2D eigenvalue weighted by Crippen LogP contribution is -2.44. The molecule has 0 amide bonds. The second-order valence-corrected chi connectivity index (χ2v) is 3.61. The molecule has 2 fully saturated rings. The SMILES string of the molecule is CCC1COC2(CCOC2)OC1. The average molecular weight is 172 g/mol. The largest absolute Gasteiger partial charge is 0.376 e. The van der Waals surface area contributed by atoms with E-state index in [0.717, 1.165) is 32.7 Å². The van der Waals surface area contributed by atoms with Crippen LogP contribution in [0.5, 0.6) is 0 Å². The van der Waals surface area contributed by atoms with E-state index in [2.05, 4.69) is 6.92 Å². The van der Waals surface area contributed by atoms with Crippen LogP contribution in [0.3, 0.4) is 0 Å². The van der Waals surface area contributed by atoms with Crippen molar-refractivity contribution >= 4 is 0 Å². The molecule has 0 atom stereocenters. The van der Waals surface area contributed by atoms with E-state index in [4.69, 9.17) is 14.2 Å². The molecule has 0 bridgehead atoms. The van der Waals surface area contributed by atoms with Gasteiger partial charge in [0, 0.05) is 12.3 Å². The van der Waals surface area contributed by atoms with Crippen molar-refractivity contribution in [1.82, 2.24) is 0 Å². The first kappa shape index (κ1) is 8.48. The first-order valence-electron chi connectivity index (χ1n) is 4.70. The van der Waals surface area contributed by atoms with E-state index in [9.17, 15) is 0 Å². The topological polar surface area (TPSA) is 27.7 Å². The van der Waals surface area contributed by atoms with Gasteiger partial charge in [0.05, 0.1) is 19.8 Å². The molecule has 0 aliphatic carbocycles. The van der Waals surface area contributed by atoms with Crippen molar-refractivity contribution in [1.29, 1.82) is 0 Å². The molecule has 0 aromatic carbocycles. The van der Waals surface area contributed by atoms with Crippen molar-refractivity contribution in [3.63, 3.8) is 0 Å². The Hall–Kier alpha value is -0.120. The van der Waals surface area contributed by atoms with Crippen LogP contribution in [0.2, 0.25) is 0 Å². The smallest absolute Gasteiger partial charge is 0.193 e. The van der Waals surface area contributed by atoms with Crippen molar-refractivity contribution in [3.8, 4) is 0 Å². The quantitative estimate of drug-likeness (QED) is 0.594. The summed E-state index contributed by atoms with van der Waals surface area (Å²) in [4.78, 5) is 0. The van der Waals surface area contributed by atoms with Crippen LogP contribution in [0.15, 0.2) is 0 Å². The van der Waals surface area contributed by atoms with Gasteiger partial charge < -0.3 is 14.2 Å². The third-order valence-electron chi connectivity index (χ3n) is 2.69. The van der Waals surface area contributed by atoms with E-state index in [-0.39, 0.29) is 5.79 Å². The van der Waals surface area contributed by atoms with E-state index in [1.165, 1.54) is 0 Å². The normalized spacial score (nSPS) is 42.2. The lowest BCUT2D eigenvalue weighted by molar-refractivity contribution is -0.279. The number of hydrogen-bond acceptors (Lipinski definition) is 3. The zero-order chi connectivity index (χ0) is 8.44. The first-order chi connectivity index (χ1) is 5.85. The molecular weight excluding hydrogens is 156 g/mol. The molecule has 2 saturated heterocycles. The molecule has 2 rings (SSSR count). The molecule has 12 heavy (non-hydrogen) atoms. The Kier molecular flexibility index (Phi) is 2.35. The molecule has 2 aliphatic heterocycles. The number of ether oxygens (including phenoxy) is 3. The Morgan fingerprint density at radius 2 is 2.08 bits per heavy atom. The summed E-state index contributed by atoms with van der Waals surface area (Å²) in [7, 11) is 0. The van der Waals surface area contributed by atoms with Crippen LogP contribution in [0.4, 0.5) is 0 Å². The second kappa shape index (κ2) is 3.32. The van der Waals surface area contributed by atoms with Crippen molar-refractivity contribution in [2.75, 3.05) is 26.4 Å². The highest BCUT2D eigenvalue weighted by Crippen LogP contribution is 2.30. The molecule has 0 aromatic rings. The van der Waals surface area contributed by atoms with Gasteiger partial charge in [0.1, 0.15) is 6.61 Å². The molecule has 0 radical (unpaired) electrons. The molecule has 3 nitrogen and oxygen atoms in total. The van der Waals surface area contributed by atoms with Gasteiger partial charge >= 0.3 is 0 Å². The van der Waals surface area contributed by atoms with E-state index >= 15 is 0 Å². The summed E-state index contributed by atoms with van der Waals surface area (Å²) < 4.78 is 16.6. The van der Waals surface area contributed by atoms with Gasteiger partial charge in [-0.2, -0.15) is 0 Å². The Morgan fingerprint density at radius 3 is 2.58 bits per heavy atom. The first-order valence-corrected chi connectivity index (χ1v) is 4.70. The van der Waals surface area contributed by atoms with E-state index < -0.39 is 0 Å². The summed E-state index contributed by atoms with van der Waals surface area (Å²) in [5.41, 5.74) is 0. The van der Waals surface area contributed by atoms with Crippen molar-refractivity contribution in [3.05, 3.63) is 0 Å². The fourth-order valence-corrected chi connectivity index (χ4v) is 1.62. The van der Waals surface area contributed by atoms with Crippen LogP contribution in [0, 0.1) is 5.92 Å². The Labute approximate surface area is 73.0 Å². The van der Waals surface area contributed by atoms with Gasteiger partial charge in [0.15, 0.2) is 5.79 Å². The van der Waals surface area contributed by atoms with Crippen LogP contribution >= 0.6 is 0 Å². The monoisotopic (exact) mass is 172 g/mol. The standard InChI is InChI=1S/C9H16O3/c1-2-8-5-11-9(12-6-8)3-4-10-7-9/h8H,2-7H2,1H3. The highest BCUT2D eigenvalue weighted by Gasteiger charge is 2.40. The molecule has 0 unspecified atom stereocenters. The highest BCUT2D eigenvalue weighted by molar-refractivity contribution is 4.79. The fraction of sp³-hybridized carbons (Fsp3) is 1.00. The maximum Gasteiger partial charge on any atom is 0.193 e. The third-order valence-corrected chi connectivity index (χ3v) is 2.69. The van der Waals surface area contributed by atoms with Gasteiger partial charge in [0.25, 0.3) is 0 Å². The lowest BCUT2D eigenvalue weighted by Gasteiger charge is -2.36. The molecular formula is C9H16O3. The molecule has 0 saturated carbocycles. The summed E-state index contributed by atoms with van der Waals surface area (Å²) in [5, 5.41) is 0. The van der Waals surface area contributed by atoms with Crippen LogP contribution in [-0.2, 0) is 14.2 Å². The van der Waals surface area contributed by atoms with Gasteiger partial charge in [-0.05, 0) is 6.42 Å². The number of rotatable bonds is 1. The van der Waals surface area contributed by atoms with E-state index in [1.807, 2.05) is 0 Å². The predicted octanol–water partition coefficient (Wildman–Crippen LogP) is 1.18. The summed E-state index contributed by atoms with van der Waals surface area (Å²) in [6, 6.07) is 0.